The number of carboxylic acids is 1. The number of aromatic nitrogens is 5. The third kappa shape index (κ3) is 4.80. The van der Waals surface area contributed by atoms with E-state index in [9.17, 15) is 15.0 Å². The maximum atomic E-state index is 11.8. The summed E-state index contributed by atoms with van der Waals surface area (Å²) in [5.41, 5.74) is 4.09. The van der Waals surface area contributed by atoms with Gasteiger partial charge in [-0.25, -0.2) is 24.4 Å². The minimum absolute atomic E-state index is 0.224. The van der Waals surface area contributed by atoms with Crippen molar-refractivity contribution in [2.75, 3.05) is 5.32 Å². The lowest BCUT2D eigenvalue weighted by atomic mass is 9.79. The fraction of sp³-hybridized carbons (Fsp3) is 0.207. The van der Waals surface area contributed by atoms with Gasteiger partial charge in [0.15, 0.2) is 0 Å². The number of aliphatic hydroxyl groups is 1. The van der Waals surface area contributed by atoms with Crippen LogP contribution in [0.5, 0.6) is 0 Å². The molecule has 5 aromatic rings. The maximum absolute atomic E-state index is 11.8. The van der Waals surface area contributed by atoms with E-state index in [1.54, 1.807) is 35.3 Å². The van der Waals surface area contributed by atoms with E-state index >= 15 is 0 Å². The number of benzene rings is 1. The van der Waals surface area contributed by atoms with Crippen LogP contribution in [-0.2, 0) is 12.0 Å². The molecule has 0 radical (unpaired) electrons. The number of aryl methyl sites for hydroxylation is 3. The highest BCUT2D eigenvalue weighted by Gasteiger charge is 2.39. The molecule has 1 aromatic carbocycles. The van der Waals surface area contributed by atoms with Crippen LogP contribution in [0.25, 0.3) is 16.3 Å². The van der Waals surface area contributed by atoms with Crippen LogP contribution in [0.4, 0.5) is 11.6 Å². The highest BCUT2D eigenvalue weighted by molar-refractivity contribution is 7.15. The number of carbonyl (C=O) groups is 1. The Morgan fingerprint density at radius 2 is 1.95 bits per heavy atom. The normalized spacial score (nSPS) is 16.6. The molecule has 0 fully saturated rings. The second-order valence-electron chi connectivity index (χ2n) is 9.76. The van der Waals surface area contributed by atoms with Crippen LogP contribution in [0.15, 0.2) is 67.1 Å². The molecule has 4 heterocycles. The molecular weight excluding hydrogens is 512 g/mol. The lowest BCUT2D eigenvalue weighted by molar-refractivity contribution is 0.0607. The fourth-order valence-electron chi connectivity index (χ4n) is 4.99. The second-order valence-corrected chi connectivity index (χ2v) is 10.8. The lowest BCUT2D eigenvalue weighted by Crippen LogP contribution is -2.32. The van der Waals surface area contributed by atoms with Crippen molar-refractivity contribution in [1.29, 1.82) is 0 Å². The number of nitrogens with one attached hydrogen (secondary N) is 1. The Balaban J connectivity index is 1.29. The Kier molecular flexibility index (Phi) is 6.20. The zero-order valence-corrected chi connectivity index (χ0v) is 22.2. The summed E-state index contributed by atoms with van der Waals surface area (Å²) in [5.74, 6) is 0.310. The van der Waals surface area contributed by atoms with E-state index in [0.29, 0.717) is 23.1 Å². The summed E-state index contributed by atoms with van der Waals surface area (Å²) < 4.78 is 1.80. The summed E-state index contributed by atoms with van der Waals surface area (Å²) in [5, 5.41) is 29.5. The average molecular weight is 539 g/mol. The number of rotatable bonds is 6. The first-order valence-corrected chi connectivity index (χ1v) is 13.4. The summed E-state index contributed by atoms with van der Waals surface area (Å²) >= 11 is 1.40. The number of carboxylic acid groups (broad SMARTS) is 1. The number of nitrogens with zero attached hydrogens (tertiary/aromatic N) is 5. The van der Waals surface area contributed by atoms with Gasteiger partial charge in [-0.15, -0.1) is 11.3 Å². The topological polar surface area (TPSA) is 126 Å². The first-order chi connectivity index (χ1) is 18.8. The molecule has 1 atom stereocenters. The first kappa shape index (κ1) is 24.9. The van der Waals surface area contributed by atoms with Gasteiger partial charge in [0.1, 0.15) is 22.2 Å². The van der Waals surface area contributed by atoms with Crippen LogP contribution in [0, 0.1) is 13.8 Å². The van der Waals surface area contributed by atoms with Crippen molar-refractivity contribution in [2.24, 2.45) is 0 Å². The van der Waals surface area contributed by atoms with Crippen molar-refractivity contribution in [3.8, 4) is 16.3 Å². The zero-order valence-electron chi connectivity index (χ0n) is 21.4. The summed E-state index contributed by atoms with van der Waals surface area (Å²) in [6, 6.07) is 14.6. The number of pyridine rings is 2. The summed E-state index contributed by atoms with van der Waals surface area (Å²) in [7, 11) is 0. The van der Waals surface area contributed by atoms with Gasteiger partial charge in [0, 0.05) is 24.7 Å². The van der Waals surface area contributed by atoms with Gasteiger partial charge in [-0.3, -0.25) is 0 Å². The van der Waals surface area contributed by atoms with E-state index in [1.165, 1.54) is 11.3 Å². The van der Waals surface area contributed by atoms with Gasteiger partial charge in [0.25, 0.3) is 0 Å². The van der Waals surface area contributed by atoms with Crippen LogP contribution in [0.3, 0.4) is 0 Å². The standard InChI is InChI=1S/C29H26N6O3S/c1-17-12-23(32-26(13-17)33-25-15-21(7-10-30-25)35-11-8-18(2)34-35)24-16-31-28(39-24)29(38)9-3-4-19-14-20(27(36)37)5-6-22(19)29/h5-8,10-16,38H,3-4,9H2,1-2H3,(H,36,37)(H,30,32,33)/t29-/m1/s1. The third-order valence-electron chi connectivity index (χ3n) is 6.85. The molecule has 0 amide bonds. The molecule has 3 N–H and O–H groups in total. The van der Waals surface area contributed by atoms with Gasteiger partial charge in [-0.1, -0.05) is 6.07 Å². The summed E-state index contributed by atoms with van der Waals surface area (Å²) in [4.78, 5) is 26.1. The minimum atomic E-state index is -1.27. The van der Waals surface area contributed by atoms with Gasteiger partial charge < -0.3 is 15.5 Å². The Morgan fingerprint density at radius 3 is 2.74 bits per heavy atom. The Labute approximate surface area is 228 Å². The van der Waals surface area contributed by atoms with Crippen LogP contribution in [0.1, 0.15) is 50.6 Å². The van der Waals surface area contributed by atoms with Crippen molar-refractivity contribution in [3.63, 3.8) is 0 Å². The number of anilines is 2. The van der Waals surface area contributed by atoms with E-state index in [4.69, 9.17) is 4.98 Å². The molecule has 0 bridgehead atoms. The molecule has 4 aromatic heterocycles. The molecule has 0 saturated heterocycles. The Morgan fingerprint density at radius 1 is 1.08 bits per heavy atom. The average Bonchev–Trinajstić information content (AvgIpc) is 3.59. The molecule has 196 valence electrons. The van der Waals surface area contributed by atoms with Crippen LogP contribution in [0.2, 0.25) is 0 Å². The molecule has 1 aliphatic carbocycles. The summed E-state index contributed by atoms with van der Waals surface area (Å²) in [6.45, 7) is 3.94. The van der Waals surface area contributed by atoms with Crippen LogP contribution < -0.4 is 5.32 Å². The Hall–Kier alpha value is -4.41. The molecule has 0 spiro atoms. The molecular formula is C29H26N6O3S. The SMILES string of the molecule is Cc1cc(Nc2cc(-n3ccc(C)n3)ccn2)nc(-c2cnc([C@@]3(O)CCCc4cc(C(=O)O)ccc43)s2)c1. The van der Waals surface area contributed by atoms with E-state index < -0.39 is 11.6 Å². The Bertz CT molecular complexity index is 1710. The predicted molar refractivity (Wildman–Crippen MR) is 149 cm³/mol. The van der Waals surface area contributed by atoms with Gasteiger partial charge in [-0.05, 0) is 86.2 Å². The molecule has 0 unspecified atom stereocenters. The molecule has 0 saturated carbocycles. The van der Waals surface area contributed by atoms with E-state index in [-0.39, 0.29) is 5.56 Å². The van der Waals surface area contributed by atoms with E-state index in [2.05, 4.69) is 20.4 Å². The number of hydrogen-bond acceptors (Lipinski definition) is 8. The number of aromatic carboxylic acids is 1. The monoisotopic (exact) mass is 538 g/mol. The molecule has 10 heteroatoms. The van der Waals surface area contributed by atoms with Crippen LogP contribution >= 0.6 is 11.3 Å². The van der Waals surface area contributed by atoms with Gasteiger partial charge in [0.05, 0.1) is 27.5 Å². The third-order valence-corrected chi connectivity index (χ3v) is 8.02. The van der Waals surface area contributed by atoms with Gasteiger partial charge >= 0.3 is 5.97 Å². The second kappa shape index (κ2) is 9.72. The smallest absolute Gasteiger partial charge is 0.335 e. The van der Waals surface area contributed by atoms with Crippen molar-refractivity contribution in [2.45, 2.75) is 38.7 Å². The highest BCUT2D eigenvalue weighted by atomic mass is 32.1. The summed E-state index contributed by atoms with van der Waals surface area (Å²) in [6.07, 6.45) is 7.35. The highest BCUT2D eigenvalue weighted by Crippen LogP contribution is 2.43. The first-order valence-electron chi connectivity index (χ1n) is 12.6. The molecule has 0 aliphatic heterocycles. The molecule has 1 aliphatic rings. The predicted octanol–water partition coefficient (Wildman–Crippen LogP) is 5.42. The zero-order chi connectivity index (χ0) is 27.1. The quantitative estimate of drug-likeness (QED) is 0.262. The number of fused-ring (bicyclic) bond motifs is 1. The minimum Gasteiger partial charge on any atom is -0.478 e. The van der Waals surface area contributed by atoms with Crippen molar-refractivity contribution in [3.05, 3.63) is 100 Å². The van der Waals surface area contributed by atoms with Crippen molar-refractivity contribution in [1.82, 2.24) is 24.7 Å². The molecule has 6 rings (SSSR count). The molecule has 39 heavy (non-hydrogen) atoms. The van der Waals surface area contributed by atoms with Crippen LogP contribution in [-0.4, -0.2) is 40.9 Å². The van der Waals surface area contributed by atoms with Crippen molar-refractivity contribution >= 4 is 28.9 Å². The number of hydrogen-bond donors (Lipinski definition) is 3. The fourth-order valence-corrected chi connectivity index (χ4v) is 6.00. The van der Waals surface area contributed by atoms with Crippen molar-refractivity contribution < 1.29 is 15.0 Å². The largest absolute Gasteiger partial charge is 0.478 e. The maximum Gasteiger partial charge on any atom is 0.335 e. The van der Waals surface area contributed by atoms with Gasteiger partial charge in [-0.2, -0.15) is 5.10 Å². The number of thiazole rings is 1. The van der Waals surface area contributed by atoms with E-state index in [0.717, 1.165) is 51.5 Å². The lowest BCUT2D eigenvalue weighted by Gasteiger charge is -2.33. The molecule has 9 nitrogen and oxygen atoms in total. The van der Waals surface area contributed by atoms with E-state index in [1.807, 2.05) is 50.4 Å². The van der Waals surface area contributed by atoms with Gasteiger partial charge in [0.2, 0.25) is 0 Å².